The maximum atomic E-state index is 12.9. The fourth-order valence-corrected chi connectivity index (χ4v) is 4.09. The minimum Gasteiger partial charge on any atom is -0.472 e. The van der Waals surface area contributed by atoms with Gasteiger partial charge in [-0.2, -0.15) is 5.10 Å². The molecule has 0 unspecified atom stereocenters. The molecule has 0 N–H and O–H groups in total. The number of amides is 1. The van der Waals surface area contributed by atoms with Crippen LogP contribution in [0.3, 0.4) is 0 Å². The molecule has 4 aromatic heterocycles. The van der Waals surface area contributed by atoms with Gasteiger partial charge in [-0.25, -0.2) is 9.50 Å². The highest BCUT2D eigenvalue weighted by Crippen LogP contribution is 2.35. The van der Waals surface area contributed by atoms with Crippen LogP contribution in [-0.2, 0) is 0 Å². The Morgan fingerprint density at radius 3 is 2.90 bits per heavy atom. The average Bonchev–Trinajstić information content (AvgIpc) is 3.46. The topological polar surface area (TPSA) is 89.7 Å². The van der Waals surface area contributed by atoms with Crippen molar-refractivity contribution in [3.63, 3.8) is 0 Å². The Morgan fingerprint density at radius 1 is 1.24 bits per heavy atom. The summed E-state index contributed by atoms with van der Waals surface area (Å²) in [6.07, 6.45) is 6.71. The molecule has 1 aliphatic heterocycles. The molecule has 5 heterocycles. The number of carbonyl (C=O) groups is 1. The zero-order valence-corrected chi connectivity index (χ0v) is 16.3. The van der Waals surface area contributed by atoms with Crippen LogP contribution in [-0.4, -0.2) is 43.7 Å². The van der Waals surface area contributed by atoms with Crippen LogP contribution in [0.1, 0.15) is 46.2 Å². The van der Waals surface area contributed by atoms with Gasteiger partial charge in [-0.05, 0) is 32.8 Å². The highest BCUT2D eigenvalue weighted by Gasteiger charge is 2.30. The van der Waals surface area contributed by atoms with Crippen molar-refractivity contribution in [2.45, 2.75) is 32.6 Å². The molecule has 1 saturated heterocycles. The molecular formula is C21H21N5O3. The maximum absolute atomic E-state index is 12.9. The number of furan rings is 1. The molecule has 8 heteroatoms. The number of aryl methyl sites for hydroxylation is 2. The first-order valence-electron chi connectivity index (χ1n) is 9.70. The molecule has 148 valence electrons. The number of nitrogens with zero attached hydrogens (tertiary/aromatic N) is 5. The summed E-state index contributed by atoms with van der Waals surface area (Å²) in [5, 5.41) is 8.71. The van der Waals surface area contributed by atoms with Crippen molar-refractivity contribution in [2.24, 2.45) is 0 Å². The molecule has 0 radical (unpaired) electrons. The highest BCUT2D eigenvalue weighted by atomic mass is 16.5. The number of fused-ring (bicyclic) bond motifs is 1. The van der Waals surface area contributed by atoms with Crippen LogP contribution >= 0.6 is 0 Å². The molecule has 5 rings (SSSR count). The van der Waals surface area contributed by atoms with Crippen LogP contribution in [0.4, 0.5) is 0 Å². The second kappa shape index (κ2) is 6.88. The van der Waals surface area contributed by atoms with Gasteiger partial charge < -0.3 is 13.8 Å². The van der Waals surface area contributed by atoms with E-state index in [0.29, 0.717) is 17.9 Å². The van der Waals surface area contributed by atoms with Crippen LogP contribution in [0.15, 0.2) is 45.9 Å². The molecule has 0 aromatic carbocycles. The van der Waals surface area contributed by atoms with Crippen molar-refractivity contribution >= 4 is 11.6 Å². The van der Waals surface area contributed by atoms with E-state index in [-0.39, 0.29) is 11.8 Å². The molecule has 0 saturated carbocycles. The van der Waals surface area contributed by atoms with E-state index in [2.05, 4.69) is 15.2 Å². The van der Waals surface area contributed by atoms with E-state index in [1.807, 2.05) is 41.6 Å². The first-order valence-corrected chi connectivity index (χ1v) is 9.70. The summed E-state index contributed by atoms with van der Waals surface area (Å²) in [6.45, 7) is 5.17. The SMILES string of the molecule is Cc1cc(-c2cnc3cc(C)nn3c2[C@H]2CCCN(C(=O)c3ccoc3)C2)on1. The summed E-state index contributed by atoms with van der Waals surface area (Å²) in [4.78, 5) is 19.3. The Balaban J connectivity index is 1.58. The number of carbonyl (C=O) groups excluding carboxylic acids is 1. The zero-order chi connectivity index (χ0) is 20.0. The molecule has 4 aromatic rings. The first kappa shape index (κ1) is 17.7. The second-order valence-corrected chi connectivity index (χ2v) is 7.55. The lowest BCUT2D eigenvalue weighted by atomic mass is 9.91. The Morgan fingerprint density at radius 2 is 2.14 bits per heavy atom. The third kappa shape index (κ3) is 3.10. The monoisotopic (exact) mass is 391 g/mol. The number of aromatic nitrogens is 4. The lowest BCUT2D eigenvalue weighted by Crippen LogP contribution is -2.39. The van der Waals surface area contributed by atoms with Crippen molar-refractivity contribution in [1.82, 2.24) is 24.7 Å². The van der Waals surface area contributed by atoms with E-state index in [4.69, 9.17) is 8.94 Å². The quantitative estimate of drug-likeness (QED) is 0.530. The number of piperidine rings is 1. The molecule has 1 aliphatic rings. The van der Waals surface area contributed by atoms with Gasteiger partial charge in [-0.3, -0.25) is 4.79 Å². The molecule has 1 fully saturated rings. The van der Waals surface area contributed by atoms with Gasteiger partial charge in [0.25, 0.3) is 5.91 Å². The fourth-order valence-electron chi connectivity index (χ4n) is 4.09. The third-order valence-corrected chi connectivity index (χ3v) is 5.40. The molecule has 29 heavy (non-hydrogen) atoms. The summed E-state index contributed by atoms with van der Waals surface area (Å²) in [5.74, 6) is 0.755. The van der Waals surface area contributed by atoms with Gasteiger partial charge in [-0.1, -0.05) is 5.16 Å². The summed E-state index contributed by atoms with van der Waals surface area (Å²) in [7, 11) is 0. The third-order valence-electron chi connectivity index (χ3n) is 5.40. The Kier molecular flexibility index (Phi) is 4.19. The van der Waals surface area contributed by atoms with Gasteiger partial charge in [0, 0.05) is 37.3 Å². The average molecular weight is 391 g/mol. The molecule has 0 spiro atoms. The van der Waals surface area contributed by atoms with E-state index in [1.54, 1.807) is 6.07 Å². The van der Waals surface area contributed by atoms with Gasteiger partial charge in [0.1, 0.15) is 6.26 Å². The van der Waals surface area contributed by atoms with E-state index in [1.165, 1.54) is 12.5 Å². The maximum Gasteiger partial charge on any atom is 0.257 e. The van der Waals surface area contributed by atoms with Crippen LogP contribution in [0, 0.1) is 13.8 Å². The number of rotatable bonds is 3. The van der Waals surface area contributed by atoms with Gasteiger partial charge in [0.2, 0.25) is 0 Å². The van der Waals surface area contributed by atoms with E-state index >= 15 is 0 Å². The van der Waals surface area contributed by atoms with Crippen LogP contribution < -0.4 is 0 Å². The number of hydrogen-bond donors (Lipinski definition) is 0. The van der Waals surface area contributed by atoms with Crippen LogP contribution in [0.25, 0.3) is 17.0 Å². The highest BCUT2D eigenvalue weighted by molar-refractivity contribution is 5.94. The fraction of sp³-hybridized carbons (Fsp3) is 0.333. The molecule has 8 nitrogen and oxygen atoms in total. The normalized spacial score (nSPS) is 17.2. The van der Waals surface area contributed by atoms with Crippen molar-refractivity contribution < 1.29 is 13.7 Å². The summed E-state index contributed by atoms with van der Waals surface area (Å²) in [6, 6.07) is 5.56. The van der Waals surface area contributed by atoms with E-state index in [0.717, 1.165) is 47.7 Å². The van der Waals surface area contributed by atoms with Gasteiger partial charge in [-0.15, -0.1) is 0 Å². The summed E-state index contributed by atoms with van der Waals surface area (Å²) in [5.41, 5.74) is 4.94. The minimum absolute atomic E-state index is 0.0116. The van der Waals surface area contributed by atoms with E-state index < -0.39 is 0 Å². The zero-order valence-electron chi connectivity index (χ0n) is 16.3. The smallest absolute Gasteiger partial charge is 0.257 e. The predicted octanol–water partition coefficient (Wildman–Crippen LogP) is 3.61. The van der Waals surface area contributed by atoms with Crippen molar-refractivity contribution in [3.8, 4) is 11.3 Å². The van der Waals surface area contributed by atoms with Gasteiger partial charge in [0.05, 0.1) is 34.5 Å². The molecule has 0 bridgehead atoms. The molecule has 1 amide bonds. The van der Waals surface area contributed by atoms with Crippen LogP contribution in [0.5, 0.6) is 0 Å². The molecule has 1 atom stereocenters. The van der Waals surface area contributed by atoms with Gasteiger partial charge in [0.15, 0.2) is 11.4 Å². The predicted molar refractivity (Wildman–Crippen MR) is 105 cm³/mol. The lowest BCUT2D eigenvalue weighted by Gasteiger charge is -2.33. The van der Waals surface area contributed by atoms with E-state index in [9.17, 15) is 4.79 Å². The van der Waals surface area contributed by atoms with Gasteiger partial charge >= 0.3 is 0 Å². The standard InChI is InChI=1S/C21H21N5O3/c1-13-9-19-22-10-17(18-8-14(2)24-29-18)20(26(19)23-13)15-4-3-6-25(11-15)21(27)16-5-7-28-12-16/h5,7-10,12,15H,3-4,6,11H2,1-2H3/t15-/m0/s1. The van der Waals surface area contributed by atoms with Crippen molar-refractivity contribution in [2.75, 3.05) is 13.1 Å². The molecular weight excluding hydrogens is 370 g/mol. The summed E-state index contributed by atoms with van der Waals surface area (Å²) >= 11 is 0. The van der Waals surface area contributed by atoms with Crippen molar-refractivity contribution in [3.05, 3.63) is 59.6 Å². The Labute approximate surface area is 167 Å². The van der Waals surface area contributed by atoms with Crippen LogP contribution in [0.2, 0.25) is 0 Å². The lowest BCUT2D eigenvalue weighted by molar-refractivity contribution is 0.0704. The first-order chi connectivity index (χ1) is 14.1. The number of likely N-dealkylation sites (tertiary alicyclic amines) is 1. The Hall–Kier alpha value is -3.42. The molecule has 0 aliphatic carbocycles. The summed E-state index contributed by atoms with van der Waals surface area (Å²) < 4.78 is 12.5. The second-order valence-electron chi connectivity index (χ2n) is 7.55. The van der Waals surface area contributed by atoms with Crippen molar-refractivity contribution in [1.29, 1.82) is 0 Å². The number of hydrogen-bond acceptors (Lipinski definition) is 6. The largest absolute Gasteiger partial charge is 0.472 e. The minimum atomic E-state index is -0.0116. The Bertz CT molecular complexity index is 1170.